The quantitative estimate of drug-likeness (QED) is 0.828. The number of hydrogen-bond acceptors (Lipinski definition) is 5. The minimum Gasteiger partial charge on any atom is -0.475 e. The molecule has 160 valence electrons. The molecule has 4 atom stereocenters. The molecule has 2 aromatic rings. The van der Waals surface area contributed by atoms with Gasteiger partial charge in [0.25, 0.3) is 5.82 Å². The molecule has 5 rings (SSSR count). The lowest BCUT2D eigenvalue weighted by Gasteiger charge is -2.55. The lowest BCUT2D eigenvalue weighted by atomic mass is 9.74. The molecule has 0 amide bonds. The summed E-state index contributed by atoms with van der Waals surface area (Å²) in [5, 5.41) is 13.2. The van der Waals surface area contributed by atoms with E-state index in [9.17, 15) is 18.7 Å². The van der Waals surface area contributed by atoms with Crippen molar-refractivity contribution >= 4 is 11.9 Å². The molecule has 2 bridgehead atoms. The second kappa shape index (κ2) is 7.30. The molecule has 0 spiro atoms. The van der Waals surface area contributed by atoms with E-state index in [4.69, 9.17) is 0 Å². The summed E-state index contributed by atoms with van der Waals surface area (Å²) in [5.41, 5.74) is 0.730. The van der Waals surface area contributed by atoms with Crippen molar-refractivity contribution in [2.45, 2.75) is 37.8 Å². The molecule has 0 unspecified atom stereocenters. The first kappa shape index (κ1) is 19.4. The summed E-state index contributed by atoms with van der Waals surface area (Å²) >= 11 is 0. The van der Waals surface area contributed by atoms with E-state index in [1.165, 1.54) is 12.1 Å². The third-order valence-corrected chi connectivity index (χ3v) is 6.87. The van der Waals surface area contributed by atoms with Gasteiger partial charge in [-0.15, -0.1) is 5.10 Å². The number of piperidine rings is 3. The van der Waals surface area contributed by atoms with Crippen molar-refractivity contribution in [2.75, 3.05) is 24.5 Å². The number of aromatic nitrogens is 3. The monoisotopic (exact) mass is 417 g/mol. The highest BCUT2D eigenvalue weighted by atomic mass is 19.1. The molecule has 4 heterocycles. The lowest BCUT2D eigenvalue weighted by Crippen LogP contribution is -2.60. The van der Waals surface area contributed by atoms with Crippen LogP contribution in [0.15, 0.2) is 18.2 Å². The van der Waals surface area contributed by atoms with Crippen LogP contribution in [0.1, 0.15) is 47.9 Å². The highest BCUT2D eigenvalue weighted by Crippen LogP contribution is 2.45. The highest BCUT2D eigenvalue weighted by Gasteiger charge is 2.45. The number of carboxylic acids is 1. The first-order chi connectivity index (χ1) is 14.4. The van der Waals surface area contributed by atoms with Crippen molar-refractivity contribution in [2.24, 2.45) is 18.9 Å². The van der Waals surface area contributed by atoms with Crippen LogP contribution in [0, 0.1) is 23.5 Å². The molecule has 3 saturated heterocycles. The van der Waals surface area contributed by atoms with Gasteiger partial charge in [-0.25, -0.2) is 18.3 Å². The molecule has 7 nitrogen and oxygen atoms in total. The fraction of sp³-hybridized carbons (Fsp3) is 0.571. The van der Waals surface area contributed by atoms with Gasteiger partial charge in [-0.05, 0) is 55.2 Å². The number of anilines is 1. The van der Waals surface area contributed by atoms with Crippen molar-refractivity contribution < 1.29 is 18.7 Å². The molecule has 30 heavy (non-hydrogen) atoms. The van der Waals surface area contributed by atoms with Crippen LogP contribution in [0.4, 0.5) is 14.7 Å². The van der Waals surface area contributed by atoms with Crippen molar-refractivity contribution in [1.29, 1.82) is 0 Å². The second-order valence-corrected chi connectivity index (χ2v) is 8.84. The van der Waals surface area contributed by atoms with Gasteiger partial charge in [0.2, 0.25) is 5.95 Å². The molecule has 1 N–H and O–H groups in total. The predicted octanol–water partition coefficient (Wildman–Crippen LogP) is 2.84. The van der Waals surface area contributed by atoms with E-state index in [1.54, 1.807) is 11.7 Å². The first-order valence-electron chi connectivity index (χ1n) is 10.5. The molecule has 0 aliphatic carbocycles. The van der Waals surface area contributed by atoms with Gasteiger partial charge in [0.15, 0.2) is 0 Å². The van der Waals surface area contributed by atoms with Crippen LogP contribution >= 0.6 is 0 Å². The van der Waals surface area contributed by atoms with Crippen LogP contribution in [-0.2, 0) is 7.05 Å². The smallest absolute Gasteiger partial charge is 0.375 e. The molecule has 3 aliphatic heterocycles. The largest absolute Gasteiger partial charge is 0.475 e. The molecule has 9 heteroatoms. The summed E-state index contributed by atoms with van der Waals surface area (Å²) in [6.45, 7) is 2.42. The topological polar surface area (TPSA) is 74.5 Å². The van der Waals surface area contributed by atoms with Gasteiger partial charge in [0.1, 0.15) is 11.6 Å². The fourth-order valence-corrected chi connectivity index (χ4v) is 5.84. The van der Waals surface area contributed by atoms with E-state index in [1.807, 2.05) is 0 Å². The van der Waals surface area contributed by atoms with Gasteiger partial charge in [0, 0.05) is 44.8 Å². The number of benzene rings is 1. The molecule has 0 saturated carbocycles. The first-order valence-corrected chi connectivity index (χ1v) is 10.5. The zero-order valence-corrected chi connectivity index (χ0v) is 16.8. The number of aromatic carboxylic acids is 1. The molecule has 0 radical (unpaired) electrons. The zero-order chi connectivity index (χ0) is 21.0. The molecular weight excluding hydrogens is 392 g/mol. The molecular formula is C21H25F2N5O2. The Hall–Kier alpha value is -2.55. The van der Waals surface area contributed by atoms with E-state index >= 15 is 0 Å². The number of rotatable bonds is 3. The Bertz CT molecular complexity index is 960. The molecule has 1 aromatic heterocycles. The summed E-state index contributed by atoms with van der Waals surface area (Å²) in [5.74, 6) is -0.963. The summed E-state index contributed by atoms with van der Waals surface area (Å²) in [4.78, 5) is 20.1. The number of carbonyl (C=O) groups is 1. The van der Waals surface area contributed by atoms with E-state index in [-0.39, 0.29) is 11.9 Å². The van der Waals surface area contributed by atoms with E-state index < -0.39 is 17.6 Å². The lowest BCUT2D eigenvalue weighted by molar-refractivity contribution is -0.0204. The van der Waals surface area contributed by atoms with E-state index in [0.29, 0.717) is 23.8 Å². The fourth-order valence-electron chi connectivity index (χ4n) is 5.84. The van der Waals surface area contributed by atoms with Gasteiger partial charge < -0.3 is 10.0 Å². The highest BCUT2D eigenvalue weighted by molar-refractivity contribution is 5.83. The Morgan fingerprint density at radius 3 is 2.60 bits per heavy atom. The van der Waals surface area contributed by atoms with E-state index in [2.05, 4.69) is 19.9 Å². The number of fused-ring (bicyclic) bond motifs is 4. The second-order valence-electron chi connectivity index (χ2n) is 8.84. The van der Waals surface area contributed by atoms with Gasteiger partial charge in [0.05, 0.1) is 0 Å². The molecule has 3 aliphatic rings. The zero-order valence-electron chi connectivity index (χ0n) is 16.8. The SMILES string of the molecule is Cn1nc(C(=O)O)nc1N1C[C@@H]2C[C@H](C1)[C@@H]1CCC[C@H](c3cc(F)cc(F)c3)N1C2. The van der Waals surface area contributed by atoms with Crippen LogP contribution in [0.25, 0.3) is 0 Å². The number of halogens is 2. The van der Waals surface area contributed by atoms with Gasteiger partial charge in [-0.2, -0.15) is 4.98 Å². The maximum Gasteiger partial charge on any atom is 0.375 e. The summed E-state index contributed by atoms with van der Waals surface area (Å²) in [6.07, 6.45) is 4.12. The normalized spacial score (nSPS) is 29.0. The Labute approximate surface area is 173 Å². The van der Waals surface area contributed by atoms with Crippen molar-refractivity contribution in [3.63, 3.8) is 0 Å². The Morgan fingerprint density at radius 1 is 1.13 bits per heavy atom. The Balaban J connectivity index is 1.40. The Kier molecular flexibility index (Phi) is 4.72. The number of carboxylic acid groups (broad SMARTS) is 1. The van der Waals surface area contributed by atoms with Crippen molar-refractivity contribution in [3.05, 3.63) is 41.2 Å². The van der Waals surface area contributed by atoms with Gasteiger partial charge in [-0.1, -0.05) is 0 Å². The van der Waals surface area contributed by atoms with Crippen molar-refractivity contribution in [3.8, 4) is 0 Å². The number of hydrogen-bond donors (Lipinski definition) is 1. The van der Waals surface area contributed by atoms with Crippen LogP contribution in [0.2, 0.25) is 0 Å². The minimum absolute atomic E-state index is 0.0410. The van der Waals surface area contributed by atoms with Crippen LogP contribution < -0.4 is 4.90 Å². The van der Waals surface area contributed by atoms with E-state index in [0.717, 1.165) is 56.9 Å². The summed E-state index contributed by atoms with van der Waals surface area (Å²) < 4.78 is 29.2. The third-order valence-electron chi connectivity index (χ3n) is 6.87. The minimum atomic E-state index is -1.13. The van der Waals surface area contributed by atoms with Crippen LogP contribution in [0.5, 0.6) is 0 Å². The molecule has 1 aromatic carbocycles. The standard InChI is InChI=1S/C21H25F2N5O2/c1-26-21(24-19(25-26)20(29)30)27-9-12-5-14(11-27)18-4-2-3-17(28(18)10-12)13-6-15(22)8-16(23)7-13/h6-8,12,14,17-18H,2-5,9-11H2,1H3,(H,29,30)/t12-,14+,17+,18-/m0/s1. The molecule has 3 fully saturated rings. The van der Waals surface area contributed by atoms with Crippen LogP contribution in [0.3, 0.4) is 0 Å². The number of aryl methyl sites for hydroxylation is 1. The average molecular weight is 417 g/mol. The van der Waals surface area contributed by atoms with Crippen LogP contribution in [-0.4, -0.2) is 56.4 Å². The van der Waals surface area contributed by atoms with Gasteiger partial charge in [-0.3, -0.25) is 4.90 Å². The van der Waals surface area contributed by atoms with Gasteiger partial charge >= 0.3 is 5.97 Å². The maximum atomic E-state index is 13.9. The summed E-state index contributed by atoms with van der Waals surface area (Å²) in [6, 6.07) is 4.26. The average Bonchev–Trinajstić information content (AvgIpc) is 3.09. The van der Waals surface area contributed by atoms with Crippen molar-refractivity contribution in [1.82, 2.24) is 19.7 Å². The third kappa shape index (κ3) is 3.34. The Morgan fingerprint density at radius 2 is 1.90 bits per heavy atom. The maximum absolute atomic E-state index is 13.9. The predicted molar refractivity (Wildman–Crippen MR) is 105 cm³/mol. The number of nitrogens with zero attached hydrogens (tertiary/aromatic N) is 5. The summed E-state index contributed by atoms with van der Waals surface area (Å²) in [7, 11) is 1.72.